The van der Waals surface area contributed by atoms with E-state index in [4.69, 9.17) is 16.3 Å². The summed E-state index contributed by atoms with van der Waals surface area (Å²) < 4.78 is 5.22. The van der Waals surface area contributed by atoms with Gasteiger partial charge in [-0.05, 0) is 35.0 Å². The first-order valence-corrected chi connectivity index (χ1v) is 10.2. The molecule has 0 unspecified atom stereocenters. The third-order valence-corrected chi connectivity index (χ3v) is 5.12. The van der Waals surface area contributed by atoms with Gasteiger partial charge in [0.05, 0.1) is 11.3 Å². The Balaban J connectivity index is 1.48. The molecule has 4 aromatic carbocycles. The zero-order chi connectivity index (χ0) is 22.5. The summed E-state index contributed by atoms with van der Waals surface area (Å²) in [7, 11) is 0. The fourth-order valence-electron chi connectivity index (χ4n) is 3.36. The normalized spacial score (nSPS) is 10.5. The second kappa shape index (κ2) is 9.45. The lowest BCUT2D eigenvalue weighted by Crippen LogP contribution is -2.22. The Hall–Kier alpha value is -3.96. The molecule has 0 spiro atoms. The molecule has 0 heterocycles. The lowest BCUT2D eigenvalue weighted by Gasteiger charge is -2.12. The summed E-state index contributed by atoms with van der Waals surface area (Å²) in [5.41, 5.74) is 1.38. The van der Waals surface area contributed by atoms with Crippen LogP contribution in [0.4, 0.5) is 5.69 Å². The average Bonchev–Trinajstić information content (AvgIpc) is 2.83. The lowest BCUT2D eigenvalue weighted by molar-refractivity contribution is -0.119. The fraction of sp³-hybridized carbons (Fsp3) is 0.0385. The summed E-state index contributed by atoms with van der Waals surface area (Å²) in [6, 6.07) is 26.0. The van der Waals surface area contributed by atoms with Crippen LogP contribution in [-0.2, 0) is 9.53 Å². The second-order valence-corrected chi connectivity index (χ2v) is 7.47. The highest BCUT2D eigenvalue weighted by Crippen LogP contribution is 2.24. The zero-order valence-electron chi connectivity index (χ0n) is 16.9. The molecule has 158 valence electrons. The minimum Gasteiger partial charge on any atom is -0.452 e. The molecule has 0 fully saturated rings. The summed E-state index contributed by atoms with van der Waals surface area (Å²) in [6.45, 7) is -0.496. The number of carbonyl (C=O) groups is 3. The molecule has 5 nitrogen and oxygen atoms in total. The van der Waals surface area contributed by atoms with Crippen LogP contribution in [0.1, 0.15) is 26.3 Å². The van der Waals surface area contributed by atoms with Crippen molar-refractivity contribution in [2.45, 2.75) is 0 Å². The predicted molar refractivity (Wildman–Crippen MR) is 124 cm³/mol. The summed E-state index contributed by atoms with van der Waals surface area (Å²) in [4.78, 5) is 37.9. The number of amides is 1. The van der Waals surface area contributed by atoms with Crippen LogP contribution in [0, 0.1) is 0 Å². The number of hydrogen-bond acceptors (Lipinski definition) is 4. The number of anilines is 1. The van der Waals surface area contributed by atoms with Gasteiger partial charge < -0.3 is 10.1 Å². The first-order valence-electron chi connectivity index (χ1n) is 9.87. The Morgan fingerprint density at radius 3 is 2.31 bits per heavy atom. The lowest BCUT2D eigenvalue weighted by atomic mass is 10.0. The molecule has 0 saturated carbocycles. The van der Waals surface area contributed by atoms with Gasteiger partial charge >= 0.3 is 5.97 Å². The van der Waals surface area contributed by atoms with E-state index in [1.807, 2.05) is 36.4 Å². The summed E-state index contributed by atoms with van der Waals surface area (Å²) in [5.74, 6) is -1.45. The van der Waals surface area contributed by atoms with Gasteiger partial charge in [-0.15, -0.1) is 0 Å². The number of ketones is 1. The number of ether oxygens (including phenoxy) is 1. The molecule has 0 saturated heterocycles. The van der Waals surface area contributed by atoms with E-state index in [0.29, 0.717) is 16.1 Å². The summed E-state index contributed by atoms with van der Waals surface area (Å²) >= 11 is 6.07. The third-order valence-electron chi connectivity index (χ3n) is 4.88. The van der Waals surface area contributed by atoms with Gasteiger partial charge in [0.2, 0.25) is 0 Å². The number of esters is 1. The molecule has 4 aromatic rings. The topological polar surface area (TPSA) is 72.5 Å². The van der Waals surface area contributed by atoms with E-state index >= 15 is 0 Å². The van der Waals surface area contributed by atoms with Crippen LogP contribution in [0.5, 0.6) is 0 Å². The number of benzene rings is 4. The molecule has 6 heteroatoms. The maximum atomic E-state index is 12.9. The van der Waals surface area contributed by atoms with Crippen LogP contribution in [-0.4, -0.2) is 24.3 Å². The van der Waals surface area contributed by atoms with Gasteiger partial charge in [-0.3, -0.25) is 9.59 Å². The van der Waals surface area contributed by atoms with Crippen molar-refractivity contribution in [1.29, 1.82) is 0 Å². The highest BCUT2D eigenvalue weighted by Gasteiger charge is 2.18. The first-order chi connectivity index (χ1) is 15.5. The van der Waals surface area contributed by atoms with Gasteiger partial charge in [-0.25, -0.2) is 4.79 Å². The van der Waals surface area contributed by atoms with Crippen molar-refractivity contribution >= 4 is 45.7 Å². The Labute approximate surface area is 189 Å². The van der Waals surface area contributed by atoms with Crippen molar-refractivity contribution in [2.75, 3.05) is 11.9 Å². The molecule has 1 amide bonds. The molecular formula is C26H18ClNO4. The van der Waals surface area contributed by atoms with Crippen LogP contribution in [0.15, 0.2) is 91.0 Å². The third kappa shape index (κ3) is 4.68. The van der Waals surface area contributed by atoms with Crippen molar-refractivity contribution < 1.29 is 19.1 Å². The van der Waals surface area contributed by atoms with Crippen LogP contribution >= 0.6 is 11.6 Å². The minimum atomic E-state index is -0.603. The molecule has 32 heavy (non-hydrogen) atoms. The SMILES string of the molecule is O=C(COC(=O)c1cccc2ccccc12)Nc1ccc(Cl)cc1C(=O)c1ccccc1. The van der Waals surface area contributed by atoms with Crippen LogP contribution in [0.3, 0.4) is 0 Å². The molecule has 0 radical (unpaired) electrons. The van der Waals surface area contributed by atoms with Crippen molar-refractivity contribution in [2.24, 2.45) is 0 Å². The van der Waals surface area contributed by atoms with Crippen LogP contribution in [0.25, 0.3) is 10.8 Å². The monoisotopic (exact) mass is 443 g/mol. The van der Waals surface area contributed by atoms with E-state index in [1.165, 1.54) is 6.07 Å². The van der Waals surface area contributed by atoms with E-state index in [1.54, 1.807) is 48.5 Å². The van der Waals surface area contributed by atoms with E-state index in [2.05, 4.69) is 5.32 Å². The van der Waals surface area contributed by atoms with Gasteiger partial charge in [0.25, 0.3) is 5.91 Å². The van der Waals surface area contributed by atoms with Crippen molar-refractivity contribution in [3.63, 3.8) is 0 Å². The van der Waals surface area contributed by atoms with Crippen molar-refractivity contribution in [3.05, 3.63) is 113 Å². The van der Waals surface area contributed by atoms with Crippen LogP contribution in [0.2, 0.25) is 5.02 Å². The Bertz CT molecular complexity index is 1310. The van der Waals surface area contributed by atoms with Crippen molar-refractivity contribution in [3.8, 4) is 0 Å². The maximum Gasteiger partial charge on any atom is 0.339 e. The molecular weight excluding hydrogens is 426 g/mol. The number of nitrogens with one attached hydrogen (secondary N) is 1. The average molecular weight is 444 g/mol. The molecule has 0 aliphatic heterocycles. The Kier molecular flexibility index (Phi) is 6.29. The number of hydrogen-bond donors (Lipinski definition) is 1. The van der Waals surface area contributed by atoms with Gasteiger partial charge in [0.15, 0.2) is 12.4 Å². The fourth-order valence-corrected chi connectivity index (χ4v) is 3.53. The smallest absolute Gasteiger partial charge is 0.339 e. The van der Waals surface area contributed by atoms with Crippen LogP contribution < -0.4 is 5.32 Å². The van der Waals surface area contributed by atoms with Crippen molar-refractivity contribution in [1.82, 2.24) is 0 Å². The second-order valence-electron chi connectivity index (χ2n) is 7.04. The first kappa shape index (κ1) is 21.3. The minimum absolute atomic E-state index is 0.248. The number of rotatable bonds is 6. The van der Waals surface area contributed by atoms with E-state index in [9.17, 15) is 14.4 Å². The molecule has 0 bridgehead atoms. The molecule has 4 rings (SSSR count). The predicted octanol–water partition coefficient (Wildman–Crippen LogP) is 5.52. The van der Waals surface area contributed by atoms with Gasteiger partial charge in [-0.1, -0.05) is 78.3 Å². The van der Waals surface area contributed by atoms with E-state index in [0.717, 1.165) is 10.8 Å². The standard InChI is InChI=1S/C26H18ClNO4/c27-19-13-14-23(22(15-19)25(30)18-8-2-1-3-9-18)28-24(29)16-32-26(31)21-12-6-10-17-7-4-5-11-20(17)21/h1-15H,16H2,(H,28,29). The largest absolute Gasteiger partial charge is 0.452 e. The zero-order valence-corrected chi connectivity index (χ0v) is 17.6. The highest BCUT2D eigenvalue weighted by molar-refractivity contribution is 6.31. The summed E-state index contributed by atoms with van der Waals surface area (Å²) in [5, 5.41) is 4.65. The maximum absolute atomic E-state index is 12.9. The Morgan fingerprint density at radius 1 is 0.781 bits per heavy atom. The molecule has 0 atom stereocenters. The quantitative estimate of drug-likeness (QED) is 0.314. The highest BCUT2D eigenvalue weighted by atomic mass is 35.5. The number of fused-ring (bicyclic) bond motifs is 1. The van der Waals surface area contributed by atoms with Gasteiger partial charge in [-0.2, -0.15) is 0 Å². The molecule has 1 N–H and O–H groups in total. The Morgan fingerprint density at radius 2 is 1.50 bits per heavy atom. The molecule has 0 aliphatic carbocycles. The van der Waals surface area contributed by atoms with Gasteiger partial charge in [0.1, 0.15) is 0 Å². The summed E-state index contributed by atoms with van der Waals surface area (Å²) in [6.07, 6.45) is 0. The number of halogens is 1. The molecule has 0 aliphatic rings. The van der Waals surface area contributed by atoms with E-state index in [-0.39, 0.29) is 17.0 Å². The molecule has 0 aromatic heterocycles. The number of carbonyl (C=O) groups excluding carboxylic acids is 3. The van der Waals surface area contributed by atoms with Gasteiger partial charge in [0, 0.05) is 16.1 Å². The van der Waals surface area contributed by atoms with E-state index < -0.39 is 18.5 Å².